The zero-order chi connectivity index (χ0) is 22.2. The van der Waals surface area contributed by atoms with E-state index in [4.69, 9.17) is 13.9 Å². The minimum absolute atomic E-state index is 0.0862. The fraction of sp³-hybridized carbons (Fsp3) is 0.292. The van der Waals surface area contributed by atoms with Crippen LogP contribution in [0.4, 0.5) is 11.4 Å². The number of rotatable bonds is 6. The van der Waals surface area contributed by atoms with Gasteiger partial charge in [-0.3, -0.25) is 9.78 Å². The summed E-state index contributed by atoms with van der Waals surface area (Å²) in [6.45, 7) is 1.82. The molecule has 1 amide bonds. The standard InChI is InChI=1S/C24H23N5O4/c30-24-20-16(7-9-26-24)28-21(23(20)29-17-4-1-5-18-22(17)27-13-33-18)15-6-8-25-11-19(15)32-12-14-3-2-10-31-14/h1,4-6,8,11,13-14,28-29H,2-3,7,9-10,12H2,(H,26,30)/t14-/m1/s1. The van der Waals surface area contributed by atoms with Crippen molar-refractivity contribution in [2.45, 2.75) is 25.4 Å². The predicted molar refractivity (Wildman–Crippen MR) is 122 cm³/mol. The first-order chi connectivity index (χ1) is 16.3. The van der Waals surface area contributed by atoms with E-state index in [1.54, 1.807) is 12.4 Å². The Morgan fingerprint density at radius 2 is 2.24 bits per heavy atom. The van der Waals surface area contributed by atoms with E-state index in [0.29, 0.717) is 47.7 Å². The van der Waals surface area contributed by atoms with Crippen LogP contribution >= 0.6 is 0 Å². The molecule has 2 aliphatic rings. The summed E-state index contributed by atoms with van der Waals surface area (Å²) in [6, 6.07) is 7.54. The Labute approximate surface area is 189 Å². The van der Waals surface area contributed by atoms with Gasteiger partial charge < -0.3 is 29.5 Å². The van der Waals surface area contributed by atoms with Crippen molar-refractivity contribution in [3.8, 4) is 17.0 Å². The highest BCUT2D eigenvalue weighted by Gasteiger charge is 2.29. The van der Waals surface area contributed by atoms with Crippen LogP contribution in [0.25, 0.3) is 22.4 Å². The first-order valence-corrected chi connectivity index (χ1v) is 11.1. The van der Waals surface area contributed by atoms with Gasteiger partial charge in [-0.1, -0.05) is 6.07 Å². The number of aromatic nitrogens is 3. The quantitative estimate of drug-likeness (QED) is 0.413. The Hall–Kier alpha value is -3.85. The number of aromatic amines is 1. The van der Waals surface area contributed by atoms with Crippen molar-refractivity contribution in [3.05, 3.63) is 54.3 Å². The maximum atomic E-state index is 12.9. The molecule has 33 heavy (non-hydrogen) atoms. The molecule has 0 radical (unpaired) electrons. The molecule has 9 nitrogen and oxygen atoms in total. The second-order valence-corrected chi connectivity index (χ2v) is 8.18. The molecule has 1 saturated heterocycles. The number of para-hydroxylation sites is 1. The topological polar surface area (TPSA) is 114 Å². The van der Waals surface area contributed by atoms with Crippen LogP contribution < -0.4 is 15.4 Å². The molecular formula is C24H23N5O4. The summed E-state index contributed by atoms with van der Waals surface area (Å²) in [6.07, 6.45) is 7.66. The third kappa shape index (κ3) is 3.60. The number of amides is 1. The van der Waals surface area contributed by atoms with Gasteiger partial charge in [-0.05, 0) is 31.0 Å². The van der Waals surface area contributed by atoms with E-state index in [1.807, 2.05) is 24.3 Å². The molecule has 0 bridgehead atoms. The van der Waals surface area contributed by atoms with E-state index < -0.39 is 0 Å². The van der Waals surface area contributed by atoms with Gasteiger partial charge in [0, 0.05) is 37.0 Å². The second kappa shape index (κ2) is 8.25. The Balaban J connectivity index is 1.44. The third-order valence-electron chi connectivity index (χ3n) is 6.09. The van der Waals surface area contributed by atoms with Crippen LogP contribution in [0, 0.1) is 0 Å². The fourth-order valence-corrected chi connectivity index (χ4v) is 4.49. The summed E-state index contributed by atoms with van der Waals surface area (Å²) in [5.41, 5.74) is 5.84. The number of nitrogens with zero attached hydrogens (tertiary/aromatic N) is 2. The number of carbonyl (C=O) groups excluding carboxylic acids is 1. The van der Waals surface area contributed by atoms with Crippen molar-refractivity contribution in [2.75, 3.05) is 25.1 Å². The molecule has 1 fully saturated rings. The van der Waals surface area contributed by atoms with Crippen LogP contribution in [0.1, 0.15) is 28.9 Å². The first kappa shape index (κ1) is 19.8. The van der Waals surface area contributed by atoms with Gasteiger partial charge in [-0.15, -0.1) is 0 Å². The number of pyridine rings is 1. The van der Waals surface area contributed by atoms with Crippen molar-refractivity contribution < 1.29 is 18.7 Å². The van der Waals surface area contributed by atoms with Crippen LogP contribution in [0.5, 0.6) is 5.75 Å². The summed E-state index contributed by atoms with van der Waals surface area (Å²) in [5.74, 6) is 0.513. The SMILES string of the molecule is O=C1NCCc2[nH]c(-c3ccncc3OC[C@H]3CCCO3)c(Nc3cccc4ocnc34)c21. The number of ether oxygens (including phenoxy) is 2. The first-order valence-electron chi connectivity index (χ1n) is 11.1. The van der Waals surface area contributed by atoms with Gasteiger partial charge in [0.05, 0.1) is 34.9 Å². The van der Waals surface area contributed by atoms with Crippen molar-refractivity contribution in [2.24, 2.45) is 0 Å². The van der Waals surface area contributed by atoms with Gasteiger partial charge in [0.15, 0.2) is 12.0 Å². The molecule has 9 heteroatoms. The zero-order valence-corrected chi connectivity index (χ0v) is 17.9. The average molecular weight is 445 g/mol. The number of nitrogens with one attached hydrogen (secondary N) is 3. The summed E-state index contributed by atoms with van der Waals surface area (Å²) in [7, 11) is 0. The van der Waals surface area contributed by atoms with Gasteiger partial charge in [-0.2, -0.15) is 0 Å². The Morgan fingerprint density at radius 3 is 3.15 bits per heavy atom. The molecule has 0 saturated carbocycles. The lowest BCUT2D eigenvalue weighted by molar-refractivity contribution is 0.0680. The van der Waals surface area contributed by atoms with E-state index >= 15 is 0 Å². The molecule has 4 aromatic rings. The number of benzene rings is 1. The highest BCUT2D eigenvalue weighted by atomic mass is 16.5. The molecule has 3 N–H and O–H groups in total. The molecule has 5 heterocycles. The Kier molecular flexibility index (Phi) is 4.95. The minimum Gasteiger partial charge on any atom is -0.489 e. The van der Waals surface area contributed by atoms with Gasteiger partial charge in [0.2, 0.25) is 0 Å². The number of hydrogen-bond donors (Lipinski definition) is 3. The van der Waals surface area contributed by atoms with E-state index in [2.05, 4.69) is 25.6 Å². The zero-order valence-electron chi connectivity index (χ0n) is 17.9. The molecule has 0 spiro atoms. The maximum Gasteiger partial charge on any atom is 0.255 e. The monoisotopic (exact) mass is 445 g/mol. The highest BCUT2D eigenvalue weighted by Crippen LogP contribution is 2.41. The van der Waals surface area contributed by atoms with Gasteiger partial charge in [-0.25, -0.2) is 4.98 Å². The van der Waals surface area contributed by atoms with Crippen molar-refractivity contribution in [1.29, 1.82) is 0 Å². The lowest BCUT2D eigenvalue weighted by Gasteiger charge is -2.16. The molecular weight excluding hydrogens is 422 g/mol. The molecule has 168 valence electrons. The highest BCUT2D eigenvalue weighted by molar-refractivity contribution is 6.07. The lowest BCUT2D eigenvalue weighted by Crippen LogP contribution is -2.31. The molecule has 6 rings (SSSR count). The normalized spacial score (nSPS) is 17.7. The fourth-order valence-electron chi connectivity index (χ4n) is 4.49. The third-order valence-corrected chi connectivity index (χ3v) is 6.09. The molecule has 2 aliphatic heterocycles. The van der Waals surface area contributed by atoms with E-state index in [-0.39, 0.29) is 12.0 Å². The van der Waals surface area contributed by atoms with Gasteiger partial charge in [0.1, 0.15) is 17.9 Å². The van der Waals surface area contributed by atoms with Crippen molar-refractivity contribution in [1.82, 2.24) is 20.3 Å². The van der Waals surface area contributed by atoms with E-state index in [0.717, 1.165) is 42.1 Å². The van der Waals surface area contributed by atoms with Gasteiger partial charge in [0.25, 0.3) is 5.91 Å². The van der Waals surface area contributed by atoms with Crippen LogP contribution in [0.15, 0.2) is 47.5 Å². The second-order valence-electron chi connectivity index (χ2n) is 8.18. The molecule has 1 aromatic carbocycles. The molecule has 1 atom stereocenters. The van der Waals surface area contributed by atoms with Crippen LogP contribution in [0.3, 0.4) is 0 Å². The molecule has 0 unspecified atom stereocenters. The van der Waals surface area contributed by atoms with E-state index in [1.165, 1.54) is 6.39 Å². The lowest BCUT2D eigenvalue weighted by atomic mass is 10.0. The van der Waals surface area contributed by atoms with Crippen molar-refractivity contribution >= 4 is 28.4 Å². The van der Waals surface area contributed by atoms with Gasteiger partial charge >= 0.3 is 0 Å². The van der Waals surface area contributed by atoms with Crippen LogP contribution in [-0.2, 0) is 11.2 Å². The minimum atomic E-state index is -0.121. The number of oxazole rings is 1. The van der Waals surface area contributed by atoms with E-state index in [9.17, 15) is 4.79 Å². The number of H-pyrrole nitrogens is 1. The largest absolute Gasteiger partial charge is 0.489 e. The number of anilines is 2. The van der Waals surface area contributed by atoms with Crippen LogP contribution in [-0.4, -0.2) is 46.7 Å². The Bertz CT molecular complexity index is 1320. The van der Waals surface area contributed by atoms with Crippen LogP contribution in [0.2, 0.25) is 0 Å². The van der Waals surface area contributed by atoms with Crippen molar-refractivity contribution in [3.63, 3.8) is 0 Å². The molecule has 3 aromatic heterocycles. The number of carbonyl (C=O) groups is 1. The number of hydrogen-bond acceptors (Lipinski definition) is 7. The summed E-state index contributed by atoms with van der Waals surface area (Å²) >= 11 is 0. The summed E-state index contributed by atoms with van der Waals surface area (Å²) in [4.78, 5) is 24.9. The smallest absolute Gasteiger partial charge is 0.255 e. The number of fused-ring (bicyclic) bond motifs is 2. The predicted octanol–water partition coefficient (Wildman–Crippen LogP) is 3.81. The maximum absolute atomic E-state index is 12.9. The summed E-state index contributed by atoms with van der Waals surface area (Å²) < 4.78 is 17.3. The Morgan fingerprint density at radius 1 is 1.27 bits per heavy atom. The average Bonchev–Trinajstić information content (AvgIpc) is 3.59. The molecule has 0 aliphatic carbocycles. The summed E-state index contributed by atoms with van der Waals surface area (Å²) in [5, 5.41) is 6.39.